The van der Waals surface area contributed by atoms with Crippen LogP contribution in [-0.4, -0.2) is 46.9 Å². The molecular formula is C12H20N4O2. The fraction of sp³-hybridized carbons (Fsp3) is 0.667. The maximum absolute atomic E-state index is 12.0. The van der Waals surface area contributed by atoms with Crippen LogP contribution >= 0.6 is 0 Å². The van der Waals surface area contributed by atoms with Gasteiger partial charge in [-0.2, -0.15) is 5.10 Å². The Balaban J connectivity index is 1.80. The van der Waals surface area contributed by atoms with Crippen molar-refractivity contribution >= 4 is 11.7 Å². The highest BCUT2D eigenvalue weighted by Crippen LogP contribution is 2.13. The van der Waals surface area contributed by atoms with Gasteiger partial charge < -0.3 is 15.4 Å². The van der Waals surface area contributed by atoms with Crippen LogP contribution in [0, 0.1) is 0 Å². The van der Waals surface area contributed by atoms with Gasteiger partial charge in [-0.15, -0.1) is 0 Å². The number of ether oxygens (including phenoxy) is 1. The van der Waals surface area contributed by atoms with Crippen molar-refractivity contribution in [3.8, 4) is 0 Å². The first-order valence-corrected chi connectivity index (χ1v) is 6.29. The van der Waals surface area contributed by atoms with Gasteiger partial charge in [-0.25, -0.2) is 0 Å². The Morgan fingerprint density at radius 3 is 3.11 bits per heavy atom. The highest BCUT2D eigenvalue weighted by atomic mass is 16.5. The van der Waals surface area contributed by atoms with Crippen LogP contribution in [0.4, 0.5) is 5.82 Å². The third-order valence-electron chi connectivity index (χ3n) is 3.14. The van der Waals surface area contributed by atoms with Crippen LogP contribution in [0.1, 0.15) is 19.3 Å². The van der Waals surface area contributed by atoms with Gasteiger partial charge in [0.05, 0.1) is 6.10 Å². The third-order valence-corrected chi connectivity index (χ3v) is 3.14. The quantitative estimate of drug-likeness (QED) is 0.846. The molecule has 18 heavy (non-hydrogen) atoms. The Labute approximate surface area is 107 Å². The molecule has 0 aromatic carbocycles. The van der Waals surface area contributed by atoms with Crippen LogP contribution in [0.15, 0.2) is 12.3 Å². The predicted molar refractivity (Wildman–Crippen MR) is 67.9 cm³/mol. The number of carbonyl (C=O) groups excluding carboxylic acids is 1. The van der Waals surface area contributed by atoms with E-state index in [9.17, 15) is 4.79 Å². The van der Waals surface area contributed by atoms with Gasteiger partial charge in [-0.3, -0.25) is 9.48 Å². The lowest BCUT2D eigenvalue weighted by molar-refractivity contribution is -0.133. The number of aromatic nitrogens is 2. The Hall–Kier alpha value is -1.56. The van der Waals surface area contributed by atoms with E-state index >= 15 is 0 Å². The molecule has 100 valence electrons. The summed E-state index contributed by atoms with van der Waals surface area (Å²) in [4.78, 5) is 13.7. The number of likely N-dealkylation sites (N-methyl/N-ethyl adjacent to an activating group) is 1. The molecule has 0 aliphatic carbocycles. The molecule has 1 aliphatic rings. The normalized spacial score (nSPS) is 19.7. The summed E-state index contributed by atoms with van der Waals surface area (Å²) in [6, 6.07) is 1.68. The monoisotopic (exact) mass is 252 g/mol. The summed E-state index contributed by atoms with van der Waals surface area (Å²) >= 11 is 0. The van der Waals surface area contributed by atoms with Gasteiger partial charge in [0.1, 0.15) is 12.4 Å². The molecule has 1 amide bonds. The third kappa shape index (κ3) is 3.46. The van der Waals surface area contributed by atoms with Crippen molar-refractivity contribution in [3.05, 3.63) is 12.3 Å². The molecule has 1 saturated heterocycles. The van der Waals surface area contributed by atoms with Crippen molar-refractivity contribution in [2.24, 2.45) is 0 Å². The largest absolute Gasteiger partial charge is 0.382 e. The average molecular weight is 252 g/mol. The predicted octanol–water partition coefficient (Wildman–Crippen LogP) is 0.493. The van der Waals surface area contributed by atoms with Gasteiger partial charge in [-0.1, -0.05) is 0 Å². The molecule has 6 heteroatoms. The van der Waals surface area contributed by atoms with Gasteiger partial charge in [0, 0.05) is 26.4 Å². The van der Waals surface area contributed by atoms with Crippen molar-refractivity contribution in [2.75, 3.05) is 25.9 Å². The van der Waals surface area contributed by atoms with E-state index in [1.165, 1.54) is 6.42 Å². The molecule has 1 aromatic heterocycles. The smallest absolute Gasteiger partial charge is 0.244 e. The van der Waals surface area contributed by atoms with E-state index in [4.69, 9.17) is 10.5 Å². The number of nitrogen functional groups attached to an aromatic ring is 1. The Morgan fingerprint density at radius 1 is 1.67 bits per heavy atom. The lowest BCUT2D eigenvalue weighted by Gasteiger charge is -2.27. The number of amides is 1. The second kappa shape index (κ2) is 5.86. The molecule has 2 heterocycles. The van der Waals surface area contributed by atoms with Gasteiger partial charge >= 0.3 is 0 Å². The summed E-state index contributed by atoms with van der Waals surface area (Å²) in [6.45, 7) is 1.68. The Morgan fingerprint density at radius 2 is 2.50 bits per heavy atom. The van der Waals surface area contributed by atoms with Crippen LogP contribution in [0.3, 0.4) is 0 Å². The number of rotatable bonds is 4. The number of anilines is 1. The van der Waals surface area contributed by atoms with Crippen LogP contribution in [-0.2, 0) is 16.1 Å². The highest BCUT2D eigenvalue weighted by Gasteiger charge is 2.19. The summed E-state index contributed by atoms with van der Waals surface area (Å²) < 4.78 is 7.17. The fourth-order valence-electron chi connectivity index (χ4n) is 2.08. The summed E-state index contributed by atoms with van der Waals surface area (Å²) in [6.07, 6.45) is 5.23. The van der Waals surface area contributed by atoms with Crippen molar-refractivity contribution in [1.29, 1.82) is 0 Å². The van der Waals surface area contributed by atoms with Crippen LogP contribution in [0.25, 0.3) is 0 Å². The molecule has 0 saturated carbocycles. The molecule has 1 aliphatic heterocycles. The summed E-state index contributed by atoms with van der Waals surface area (Å²) in [5, 5.41) is 4.00. The molecule has 1 atom stereocenters. The van der Waals surface area contributed by atoms with Crippen molar-refractivity contribution in [2.45, 2.75) is 31.9 Å². The maximum atomic E-state index is 12.0. The number of hydrogen-bond donors (Lipinski definition) is 1. The van der Waals surface area contributed by atoms with Crippen LogP contribution < -0.4 is 5.73 Å². The molecule has 1 aromatic rings. The van der Waals surface area contributed by atoms with E-state index in [0.29, 0.717) is 12.4 Å². The lowest BCUT2D eigenvalue weighted by atomic mass is 10.1. The minimum atomic E-state index is 0.0206. The number of hydrogen-bond acceptors (Lipinski definition) is 4. The first-order chi connectivity index (χ1) is 8.65. The van der Waals surface area contributed by atoms with Crippen LogP contribution in [0.5, 0.6) is 0 Å². The first-order valence-electron chi connectivity index (χ1n) is 6.29. The van der Waals surface area contributed by atoms with Gasteiger partial charge in [0.25, 0.3) is 0 Å². The van der Waals surface area contributed by atoms with Crippen molar-refractivity contribution in [1.82, 2.24) is 14.7 Å². The lowest BCUT2D eigenvalue weighted by Crippen LogP contribution is -2.38. The average Bonchev–Trinajstić information content (AvgIpc) is 2.76. The molecule has 0 radical (unpaired) electrons. The van der Waals surface area contributed by atoms with E-state index < -0.39 is 0 Å². The van der Waals surface area contributed by atoms with Gasteiger partial charge in [0.2, 0.25) is 5.91 Å². The zero-order valence-corrected chi connectivity index (χ0v) is 10.7. The molecule has 0 bridgehead atoms. The maximum Gasteiger partial charge on any atom is 0.244 e. The zero-order valence-electron chi connectivity index (χ0n) is 10.7. The number of carbonyl (C=O) groups is 1. The molecule has 1 fully saturated rings. The molecule has 1 unspecified atom stereocenters. The highest BCUT2D eigenvalue weighted by molar-refractivity contribution is 5.75. The standard InChI is InChI=1S/C12H20N4O2/c1-15(8-10-4-2-3-7-18-10)12(17)9-16-6-5-11(13)14-16/h5-6,10H,2-4,7-9H2,1H3,(H2,13,14). The molecule has 6 nitrogen and oxygen atoms in total. The molecule has 2 N–H and O–H groups in total. The molecular weight excluding hydrogens is 232 g/mol. The van der Waals surface area contributed by atoms with E-state index in [-0.39, 0.29) is 18.6 Å². The minimum Gasteiger partial charge on any atom is -0.382 e. The summed E-state index contributed by atoms with van der Waals surface area (Å²) in [5.41, 5.74) is 5.50. The SMILES string of the molecule is CN(CC1CCCCO1)C(=O)Cn1ccc(N)n1. The van der Waals surface area contributed by atoms with E-state index in [0.717, 1.165) is 19.4 Å². The summed E-state index contributed by atoms with van der Waals surface area (Å²) in [7, 11) is 1.80. The van der Waals surface area contributed by atoms with Gasteiger partial charge in [-0.05, 0) is 25.3 Å². The number of nitrogens with two attached hydrogens (primary N) is 1. The topological polar surface area (TPSA) is 73.4 Å². The van der Waals surface area contributed by atoms with E-state index in [1.807, 2.05) is 0 Å². The fourth-order valence-corrected chi connectivity index (χ4v) is 2.08. The Bertz CT molecular complexity index is 399. The Kier molecular flexibility index (Phi) is 4.19. The second-order valence-corrected chi connectivity index (χ2v) is 4.70. The minimum absolute atomic E-state index is 0.0206. The second-order valence-electron chi connectivity index (χ2n) is 4.70. The molecule has 2 rings (SSSR count). The molecule has 0 spiro atoms. The van der Waals surface area contributed by atoms with E-state index in [1.54, 1.807) is 28.9 Å². The van der Waals surface area contributed by atoms with Crippen molar-refractivity contribution in [3.63, 3.8) is 0 Å². The zero-order chi connectivity index (χ0) is 13.0. The first kappa shape index (κ1) is 12.9. The summed E-state index contributed by atoms with van der Waals surface area (Å²) in [5.74, 6) is 0.452. The number of nitrogens with zero attached hydrogens (tertiary/aromatic N) is 3. The van der Waals surface area contributed by atoms with E-state index in [2.05, 4.69) is 5.10 Å². The van der Waals surface area contributed by atoms with Crippen molar-refractivity contribution < 1.29 is 9.53 Å². The van der Waals surface area contributed by atoms with Gasteiger partial charge in [0.15, 0.2) is 0 Å². The van der Waals surface area contributed by atoms with Crippen LogP contribution in [0.2, 0.25) is 0 Å².